The third-order valence-corrected chi connectivity index (χ3v) is 1.26. The molecule has 0 aromatic carbocycles. The van der Waals surface area contributed by atoms with Crippen LogP contribution in [0.1, 0.15) is 5.69 Å². The van der Waals surface area contributed by atoms with Crippen LogP contribution in [0, 0.1) is 11.2 Å². The molecular formula is C6H6FN3O3. The molecule has 1 aromatic heterocycles. The second-order valence-corrected chi connectivity index (χ2v) is 2.19. The maximum Gasteiger partial charge on any atom is 0.410 e. The lowest BCUT2D eigenvalue weighted by Crippen LogP contribution is -2.30. The molecule has 0 aliphatic heterocycles. The van der Waals surface area contributed by atoms with E-state index >= 15 is 0 Å². The maximum atomic E-state index is 12.4. The van der Waals surface area contributed by atoms with Gasteiger partial charge >= 0.3 is 6.09 Å². The Morgan fingerprint density at radius 2 is 2.31 bits per heavy atom. The van der Waals surface area contributed by atoms with Gasteiger partial charge in [-0.25, -0.2) is 9.18 Å². The van der Waals surface area contributed by atoms with Crippen LogP contribution in [0.15, 0.2) is 12.3 Å². The molecule has 0 aliphatic rings. The monoisotopic (exact) mass is 187 g/mol. The van der Waals surface area contributed by atoms with E-state index in [0.29, 0.717) is 10.9 Å². The molecule has 0 unspecified atom stereocenters. The van der Waals surface area contributed by atoms with Gasteiger partial charge in [-0.05, 0) is 0 Å². The average molecular weight is 187 g/mol. The number of nitrogens with zero attached hydrogens (tertiary/aromatic N) is 1. The lowest BCUT2D eigenvalue weighted by Gasteiger charge is -2.01. The average Bonchev–Trinajstić information content (AvgIpc) is 2.28. The highest BCUT2D eigenvalue weighted by atomic mass is 19.1. The van der Waals surface area contributed by atoms with Crippen molar-refractivity contribution in [2.45, 2.75) is 0 Å². The van der Waals surface area contributed by atoms with Gasteiger partial charge in [-0.1, -0.05) is 0 Å². The normalized spacial score (nSPS) is 9.62. The van der Waals surface area contributed by atoms with Gasteiger partial charge in [0.15, 0.2) is 5.84 Å². The van der Waals surface area contributed by atoms with Crippen molar-refractivity contribution in [1.29, 1.82) is 5.41 Å². The summed E-state index contributed by atoms with van der Waals surface area (Å²) in [6.45, 7) is 0. The van der Waals surface area contributed by atoms with Gasteiger partial charge < -0.3 is 10.3 Å². The number of carboxylic acid groups (broad SMARTS) is 1. The summed E-state index contributed by atoms with van der Waals surface area (Å²) in [5.74, 6) is -1.35. The summed E-state index contributed by atoms with van der Waals surface area (Å²) in [6, 6.07) is 0.832. The van der Waals surface area contributed by atoms with Crippen LogP contribution in [0.4, 0.5) is 9.18 Å². The molecule has 0 aliphatic carbocycles. The van der Waals surface area contributed by atoms with Crippen molar-refractivity contribution in [2.24, 2.45) is 0 Å². The van der Waals surface area contributed by atoms with E-state index in [4.69, 9.17) is 15.7 Å². The number of amides is 1. The molecule has 0 saturated carbocycles. The molecule has 1 amide bonds. The molecule has 1 aromatic rings. The van der Waals surface area contributed by atoms with E-state index < -0.39 is 17.7 Å². The standard InChI is InChI=1S/C6H6FN3O3/c7-3-1-4(10(13)2-3)5(8)9-6(11)12/h1-2,13H,(H2,8,9)(H,11,12). The minimum atomic E-state index is -1.45. The Hall–Kier alpha value is -2.05. The SMILES string of the molecule is N=C(NC(=O)O)c1cc(F)cn1O. The van der Waals surface area contributed by atoms with Crippen molar-refractivity contribution in [3.05, 3.63) is 23.8 Å². The number of rotatable bonds is 1. The van der Waals surface area contributed by atoms with Crippen molar-refractivity contribution in [2.75, 3.05) is 0 Å². The van der Waals surface area contributed by atoms with Crippen molar-refractivity contribution in [3.63, 3.8) is 0 Å². The van der Waals surface area contributed by atoms with Crippen LogP contribution in [-0.2, 0) is 0 Å². The van der Waals surface area contributed by atoms with E-state index in [9.17, 15) is 9.18 Å². The summed E-state index contributed by atoms with van der Waals surface area (Å²) in [4.78, 5) is 10.1. The Morgan fingerprint density at radius 3 is 2.69 bits per heavy atom. The van der Waals surface area contributed by atoms with Gasteiger partial charge in [0.1, 0.15) is 11.5 Å². The zero-order valence-electron chi connectivity index (χ0n) is 6.28. The lowest BCUT2D eigenvalue weighted by molar-refractivity contribution is 0.183. The Morgan fingerprint density at radius 1 is 1.69 bits per heavy atom. The molecule has 0 fully saturated rings. The quantitative estimate of drug-likeness (QED) is 0.292. The van der Waals surface area contributed by atoms with Gasteiger partial charge in [-0.15, -0.1) is 0 Å². The first-order chi connectivity index (χ1) is 6.00. The van der Waals surface area contributed by atoms with Crippen LogP contribution in [0.3, 0.4) is 0 Å². The summed E-state index contributed by atoms with van der Waals surface area (Å²) in [6.07, 6.45) is -0.737. The van der Waals surface area contributed by atoms with E-state index in [1.54, 1.807) is 5.32 Å². The van der Waals surface area contributed by atoms with Crippen LogP contribution < -0.4 is 5.32 Å². The van der Waals surface area contributed by atoms with Crippen LogP contribution in [-0.4, -0.2) is 27.0 Å². The van der Waals surface area contributed by atoms with Crippen molar-refractivity contribution in [1.82, 2.24) is 10.0 Å². The van der Waals surface area contributed by atoms with Gasteiger partial charge in [-0.2, -0.15) is 4.73 Å². The fraction of sp³-hybridized carbons (Fsp3) is 0. The van der Waals surface area contributed by atoms with Gasteiger partial charge in [0.05, 0.1) is 6.20 Å². The Balaban J connectivity index is 2.88. The molecule has 70 valence electrons. The number of amidine groups is 1. The number of carbonyl (C=O) groups is 1. The van der Waals surface area contributed by atoms with E-state index in [2.05, 4.69) is 0 Å². The zero-order valence-corrected chi connectivity index (χ0v) is 6.28. The van der Waals surface area contributed by atoms with Gasteiger partial charge in [0.25, 0.3) is 0 Å². The largest absolute Gasteiger partial charge is 0.465 e. The summed E-state index contributed by atoms with van der Waals surface area (Å²) in [5, 5.41) is 25.9. The molecule has 6 nitrogen and oxygen atoms in total. The fourth-order valence-electron chi connectivity index (χ4n) is 0.778. The highest BCUT2D eigenvalue weighted by molar-refractivity contribution is 6.02. The highest BCUT2D eigenvalue weighted by Gasteiger charge is 2.11. The van der Waals surface area contributed by atoms with Crippen LogP contribution >= 0.6 is 0 Å². The first kappa shape index (κ1) is 9.04. The molecule has 7 heteroatoms. The predicted molar refractivity (Wildman–Crippen MR) is 39.6 cm³/mol. The third kappa shape index (κ3) is 1.95. The summed E-state index contributed by atoms with van der Waals surface area (Å²) in [7, 11) is 0. The van der Waals surface area contributed by atoms with Gasteiger partial charge in [0, 0.05) is 6.07 Å². The number of halogens is 1. The summed E-state index contributed by atoms with van der Waals surface area (Å²) < 4.78 is 12.8. The van der Waals surface area contributed by atoms with E-state index in [1.165, 1.54) is 0 Å². The van der Waals surface area contributed by atoms with Crippen LogP contribution in [0.5, 0.6) is 0 Å². The van der Waals surface area contributed by atoms with Crippen LogP contribution in [0.25, 0.3) is 0 Å². The molecule has 0 spiro atoms. The summed E-state index contributed by atoms with van der Waals surface area (Å²) >= 11 is 0. The van der Waals surface area contributed by atoms with Crippen molar-refractivity contribution < 1.29 is 19.5 Å². The predicted octanol–water partition coefficient (Wildman–Crippen LogP) is 0.457. The van der Waals surface area contributed by atoms with E-state index in [-0.39, 0.29) is 5.69 Å². The first-order valence-corrected chi connectivity index (χ1v) is 3.16. The molecule has 4 N–H and O–H groups in total. The van der Waals surface area contributed by atoms with Crippen molar-refractivity contribution in [3.8, 4) is 0 Å². The minimum Gasteiger partial charge on any atom is -0.465 e. The first-order valence-electron chi connectivity index (χ1n) is 3.16. The van der Waals surface area contributed by atoms with E-state index in [1.807, 2.05) is 0 Å². The second-order valence-electron chi connectivity index (χ2n) is 2.19. The van der Waals surface area contributed by atoms with Gasteiger partial charge in [0.2, 0.25) is 0 Å². The number of hydrogen-bond acceptors (Lipinski definition) is 3. The Kier molecular flexibility index (Phi) is 2.18. The smallest absolute Gasteiger partial charge is 0.410 e. The third-order valence-electron chi connectivity index (χ3n) is 1.26. The molecular weight excluding hydrogens is 181 g/mol. The summed E-state index contributed by atoms with van der Waals surface area (Å²) in [5.41, 5.74) is -0.264. The molecule has 0 atom stereocenters. The van der Waals surface area contributed by atoms with E-state index in [0.717, 1.165) is 6.07 Å². The van der Waals surface area contributed by atoms with Crippen LogP contribution in [0.2, 0.25) is 0 Å². The Labute approximate surface area is 71.7 Å². The lowest BCUT2D eigenvalue weighted by atomic mass is 10.4. The highest BCUT2D eigenvalue weighted by Crippen LogP contribution is 2.04. The molecule has 0 radical (unpaired) electrons. The number of nitrogens with one attached hydrogen (secondary N) is 2. The second kappa shape index (κ2) is 3.13. The zero-order chi connectivity index (χ0) is 10.0. The molecule has 0 saturated heterocycles. The molecule has 13 heavy (non-hydrogen) atoms. The number of aromatic nitrogens is 1. The van der Waals surface area contributed by atoms with Crippen molar-refractivity contribution >= 4 is 11.9 Å². The fourth-order valence-corrected chi connectivity index (χ4v) is 0.778. The maximum absolute atomic E-state index is 12.4. The van der Waals surface area contributed by atoms with Gasteiger partial charge in [-0.3, -0.25) is 10.7 Å². The molecule has 0 bridgehead atoms. The minimum absolute atomic E-state index is 0.264. The number of hydrogen-bond donors (Lipinski definition) is 4. The molecule has 1 heterocycles. The topological polar surface area (TPSA) is 98.3 Å². The Bertz CT molecular complexity index is 360. The molecule has 1 rings (SSSR count).